The van der Waals surface area contributed by atoms with E-state index >= 15 is 0 Å². The molecule has 2 rings (SSSR count). The van der Waals surface area contributed by atoms with Gasteiger partial charge in [0.1, 0.15) is 5.82 Å². The first-order chi connectivity index (χ1) is 8.20. The number of hydrogen-bond acceptors (Lipinski definition) is 2. The van der Waals surface area contributed by atoms with E-state index in [9.17, 15) is 4.39 Å². The van der Waals surface area contributed by atoms with Crippen LogP contribution in [-0.4, -0.2) is 0 Å². The molecule has 0 amide bonds. The molecule has 4 heteroatoms. The number of nitrogens with two attached hydrogens (primary N) is 1. The van der Waals surface area contributed by atoms with Crippen molar-refractivity contribution in [2.24, 2.45) is 5.73 Å². The lowest BCUT2D eigenvalue weighted by Crippen LogP contribution is -1.98. The van der Waals surface area contributed by atoms with Crippen molar-refractivity contribution in [3.8, 4) is 0 Å². The van der Waals surface area contributed by atoms with Crippen molar-refractivity contribution in [1.82, 2.24) is 0 Å². The Kier molecular flexibility index (Phi) is 4.05. The van der Waals surface area contributed by atoms with Crippen molar-refractivity contribution >= 4 is 23.4 Å². The van der Waals surface area contributed by atoms with E-state index in [0.29, 0.717) is 11.6 Å². The second-order valence-corrected chi connectivity index (χ2v) is 4.98. The van der Waals surface area contributed by atoms with E-state index in [2.05, 4.69) is 0 Å². The molecule has 0 saturated carbocycles. The maximum atomic E-state index is 13.1. The first-order valence-electron chi connectivity index (χ1n) is 5.11. The highest BCUT2D eigenvalue weighted by Gasteiger charge is 2.08. The van der Waals surface area contributed by atoms with E-state index in [1.54, 1.807) is 6.07 Å². The van der Waals surface area contributed by atoms with E-state index in [4.69, 9.17) is 17.3 Å². The summed E-state index contributed by atoms with van der Waals surface area (Å²) in [5, 5.41) is 0.641. The molecule has 0 saturated heterocycles. The largest absolute Gasteiger partial charge is 0.326 e. The minimum Gasteiger partial charge on any atom is -0.326 e. The Morgan fingerprint density at radius 2 is 1.94 bits per heavy atom. The second-order valence-electron chi connectivity index (χ2n) is 3.49. The van der Waals surface area contributed by atoms with Crippen LogP contribution in [0, 0.1) is 5.82 Å². The summed E-state index contributed by atoms with van der Waals surface area (Å²) in [6.45, 7) is 0.415. The van der Waals surface area contributed by atoms with Gasteiger partial charge in [0.2, 0.25) is 0 Å². The molecule has 0 unspecified atom stereocenters. The summed E-state index contributed by atoms with van der Waals surface area (Å²) in [7, 11) is 0. The predicted octanol–water partition coefficient (Wildman–Crippen LogP) is 4.09. The monoisotopic (exact) mass is 267 g/mol. The van der Waals surface area contributed by atoms with Crippen LogP contribution in [0.5, 0.6) is 0 Å². The SMILES string of the molecule is NCc1cccc(Cl)c1Sc1cccc(F)c1. The summed E-state index contributed by atoms with van der Waals surface area (Å²) in [6.07, 6.45) is 0. The normalized spacial score (nSPS) is 10.5. The lowest BCUT2D eigenvalue weighted by molar-refractivity contribution is 0.624. The van der Waals surface area contributed by atoms with Gasteiger partial charge in [-0.3, -0.25) is 0 Å². The predicted molar refractivity (Wildman–Crippen MR) is 69.9 cm³/mol. The Labute approximate surface area is 109 Å². The Balaban J connectivity index is 2.35. The summed E-state index contributed by atoms with van der Waals surface area (Å²) in [5.74, 6) is -0.253. The van der Waals surface area contributed by atoms with Gasteiger partial charge < -0.3 is 5.73 Å². The number of benzene rings is 2. The van der Waals surface area contributed by atoms with Gasteiger partial charge in [-0.15, -0.1) is 0 Å². The second kappa shape index (κ2) is 5.54. The van der Waals surface area contributed by atoms with Crippen molar-refractivity contribution in [2.45, 2.75) is 16.3 Å². The maximum Gasteiger partial charge on any atom is 0.124 e. The van der Waals surface area contributed by atoms with Crippen LogP contribution in [0.15, 0.2) is 52.3 Å². The van der Waals surface area contributed by atoms with Gasteiger partial charge >= 0.3 is 0 Å². The molecule has 88 valence electrons. The zero-order chi connectivity index (χ0) is 12.3. The molecule has 0 aliphatic heterocycles. The van der Waals surface area contributed by atoms with Gasteiger partial charge in [-0.1, -0.05) is 41.6 Å². The third-order valence-corrected chi connectivity index (χ3v) is 3.89. The summed E-state index contributed by atoms with van der Waals surface area (Å²) in [5.41, 5.74) is 6.62. The van der Waals surface area contributed by atoms with E-state index < -0.39 is 0 Å². The molecule has 0 radical (unpaired) electrons. The molecule has 0 fully saturated rings. The van der Waals surface area contributed by atoms with Gasteiger partial charge in [0.15, 0.2) is 0 Å². The van der Waals surface area contributed by atoms with Gasteiger partial charge in [0.05, 0.1) is 5.02 Å². The summed E-state index contributed by atoms with van der Waals surface area (Å²) < 4.78 is 13.1. The smallest absolute Gasteiger partial charge is 0.124 e. The fourth-order valence-electron chi connectivity index (χ4n) is 1.48. The van der Waals surface area contributed by atoms with Gasteiger partial charge in [0, 0.05) is 16.3 Å². The molecule has 0 aliphatic carbocycles. The van der Waals surface area contributed by atoms with Crippen LogP contribution in [0.1, 0.15) is 5.56 Å². The maximum absolute atomic E-state index is 13.1. The molecule has 0 aliphatic rings. The highest BCUT2D eigenvalue weighted by atomic mass is 35.5. The molecular weight excluding hydrogens is 257 g/mol. The summed E-state index contributed by atoms with van der Waals surface area (Å²) in [6, 6.07) is 12.0. The summed E-state index contributed by atoms with van der Waals surface area (Å²) >= 11 is 7.56. The Hall–Kier alpha value is -1.03. The molecule has 17 heavy (non-hydrogen) atoms. The molecule has 0 bridgehead atoms. The van der Waals surface area contributed by atoms with Crippen LogP contribution >= 0.6 is 23.4 Å². The average molecular weight is 268 g/mol. The van der Waals surface area contributed by atoms with Crippen LogP contribution in [0.2, 0.25) is 5.02 Å². The van der Waals surface area contributed by atoms with E-state index in [0.717, 1.165) is 15.4 Å². The zero-order valence-corrected chi connectivity index (χ0v) is 10.6. The Morgan fingerprint density at radius 1 is 1.18 bits per heavy atom. The average Bonchev–Trinajstić information content (AvgIpc) is 2.32. The third-order valence-electron chi connectivity index (χ3n) is 2.28. The van der Waals surface area contributed by atoms with E-state index in [1.807, 2.05) is 24.3 Å². The molecule has 2 aromatic carbocycles. The van der Waals surface area contributed by atoms with Gasteiger partial charge in [-0.05, 0) is 29.8 Å². The van der Waals surface area contributed by atoms with E-state index in [1.165, 1.54) is 23.9 Å². The number of hydrogen-bond donors (Lipinski definition) is 1. The molecule has 2 aromatic rings. The molecule has 0 atom stereocenters. The van der Waals surface area contributed by atoms with Crippen molar-refractivity contribution in [3.05, 3.63) is 58.9 Å². The lowest BCUT2D eigenvalue weighted by Gasteiger charge is -2.09. The van der Waals surface area contributed by atoms with Crippen molar-refractivity contribution in [3.63, 3.8) is 0 Å². The molecule has 0 spiro atoms. The number of halogens is 2. The van der Waals surface area contributed by atoms with Crippen molar-refractivity contribution in [1.29, 1.82) is 0 Å². The highest BCUT2D eigenvalue weighted by Crippen LogP contribution is 2.36. The first kappa shape index (κ1) is 12.4. The first-order valence-corrected chi connectivity index (χ1v) is 6.31. The Bertz CT molecular complexity index is 531. The quantitative estimate of drug-likeness (QED) is 0.906. The minimum atomic E-state index is -0.253. The van der Waals surface area contributed by atoms with Gasteiger partial charge in [-0.2, -0.15) is 0 Å². The third kappa shape index (κ3) is 3.00. The van der Waals surface area contributed by atoms with Crippen molar-refractivity contribution < 1.29 is 4.39 Å². The van der Waals surface area contributed by atoms with Crippen LogP contribution < -0.4 is 5.73 Å². The lowest BCUT2D eigenvalue weighted by atomic mass is 10.2. The fraction of sp³-hybridized carbons (Fsp3) is 0.0769. The van der Waals surface area contributed by atoms with Crippen molar-refractivity contribution in [2.75, 3.05) is 0 Å². The summed E-state index contributed by atoms with van der Waals surface area (Å²) in [4.78, 5) is 1.70. The fourth-order valence-corrected chi connectivity index (χ4v) is 2.79. The van der Waals surface area contributed by atoms with Gasteiger partial charge in [-0.25, -0.2) is 4.39 Å². The minimum absolute atomic E-state index is 0.253. The zero-order valence-electron chi connectivity index (χ0n) is 8.99. The van der Waals surface area contributed by atoms with Crippen LogP contribution in [-0.2, 0) is 6.54 Å². The van der Waals surface area contributed by atoms with Crippen LogP contribution in [0.3, 0.4) is 0 Å². The molecule has 2 N–H and O–H groups in total. The molecule has 0 heterocycles. The number of rotatable bonds is 3. The molecule has 1 nitrogen and oxygen atoms in total. The van der Waals surface area contributed by atoms with E-state index in [-0.39, 0.29) is 5.82 Å². The molecule has 0 aromatic heterocycles. The topological polar surface area (TPSA) is 26.0 Å². The standard InChI is InChI=1S/C13H11ClFNS/c14-12-6-1-3-9(8-16)13(12)17-11-5-2-4-10(15)7-11/h1-7H,8,16H2. The van der Waals surface area contributed by atoms with Crippen LogP contribution in [0.4, 0.5) is 4.39 Å². The Morgan fingerprint density at radius 3 is 2.65 bits per heavy atom. The van der Waals surface area contributed by atoms with Crippen LogP contribution in [0.25, 0.3) is 0 Å². The van der Waals surface area contributed by atoms with Gasteiger partial charge in [0.25, 0.3) is 0 Å². The highest BCUT2D eigenvalue weighted by molar-refractivity contribution is 7.99. The molecular formula is C13H11ClFNS.